The van der Waals surface area contributed by atoms with E-state index in [1.165, 1.54) is 129 Å². The first-order chi connectivity index (χ1) is 29.1. The van der Waals surface area contributed by atoms with Crippen molar-refractivity contribution in [3.63, 3.8) is 0 Å². The van der Waals surface area contributed by atoms with Gasteiger partial charge in [-0.1, -0.05) is 134 Å². The largest absolute Gasteiger partial charge is 0.309 e. The van der Waals surface area contributed by atoms with Crippen molar-refractivity contribution in [1.29, 1.82) is 0 Å². The van der Waals surface area contributed by atoms with Crippen LogP contribution in [0.3, 0.4) is 0 Å². The van der Waals surface area contributed by atoms with E-state index in [2.05, 4.69) is 195 Å². The highest BCUT2D eigenvalue weighted by atomic mass is 32.1. The Labute approximate surface area is 350 Å². The molecule has 0 atom stereocenters. The fraction of sp³-hybridized carbons (Fsp3) is 0.0357. The summed E-state index contributed by atoms with van der Waals surface area (Å²) in [7, 11) is 0. The average Bonchev–Trinajstić information content (AvgIpc) is 4.03. The van der Waals surface area contributed by atoms with E-state index in [1.807, 2.05) is 28.7 Å². The van der Waals surface area contributed by atoms with E-state index >= 15 is 0 Å². The van der Waals surface area contributed by atoms with Crippen molar-refractivity contribution < 1.29 is 0 Å². The minimum absolute atomic E-state index is 1.20. The summed E-state index contributed by atoms with van der Waals surface area (Å²) in [4.78, 5) is 0. The molecular weight excluding hydrogens is 751 g/mol. The van der Waals surface area contributed by atoms with Crippen LogP contribution in [0.4, 0.5) is 0 Å². The minimum Gasteiger partial charge on any atom is -0.309 e. The van der Waals surface area contributed by atoms with Crippen LogP contribution >= 0.6 is 22.7 Å². The maximum absolute atomic E-state index is 3.73. The maximum Gasteiger partial charge on any atom is 0.0555 e. The summed E-state index contributed by atoms with van der Waals surface area (Å²) < 4.78 is 7.83. The second kappa shape index (κ2) is 13.1. The van der Waals surface area contributed by atoms with Crippen LogP contribution in [-0.4, -0.2) is 4.57 Å². The molecule has 0 radical (unpaired) electrons. The zero-order chi connectivity index (χ0) is 39.4. The normalized spacial score (nSPS) is 12.0. The van der Waals surface area contributed by atoms with E-state index in [1.54, 1.807) is 0 Å². The molecule has 0 saturated heterocycles. The van der Waals surface area contributed by atoms with Crippen LogP contribution in [0.15, 0.2) is 176 Å². The molecule has 3 aromatic heterocycles. The van der Waals surface area contributed by atoms with Gasteiger partial charge in [0.15, 0.2) is 0 Å². The highest BCUT2D eigenvalue weighted by Crippen LogP contribution is 2.50. The summed E-state index contributed by atoms with van der Waals surface area (Å²) >= 11 is 3.80. The molecule has 12 aromatic rings. The van der Waals surface area contributed by atoms with E-state index in [-0.39, 0.29) is 0 Å². The highest BCUT2D eigenvalue weighted by molar-refractivity contribution is 7.27. The van der Waals surface area contributed by atoms with E-state index in [9.17, 15) is 0 Å². The minimum atomic E-state index is 1.20. The van der Waals surface area contributed by atoms with Gasteiger partial charge in [0.2, 0.25) is 0 Å². The molecule has 3 heteroatoms. The van der Waals surface area contributed by atoms with Gasteiger partial charge in [0, 0.05) is 56.8 Å². The summed E-state index contributed by atoms with van der Waals surface area (Å²) in [6.07, 6.45) is 1.89. The highest BCUT2D eigenvalue weighted by Gasteiger charge is 2.23. The van der Waals surface area contributed by atoms with Gasteiger partial charge in [-0.3, -0.25) is 0 Å². The second-order valence-corrected chi connectivity index (χ2v) is 17.8. The van der Waals surface area contributed by atoms with Gasteiger partial charge in [-0.2, -0.15) is 0 Å². The monoisotopic (exact) mass is 787 g/mol. The Morgan fingerprint density at radius 1 is 0.441 bits per heavy atom. The third-order valence-electron chi connectivity index (χ3n) is 12.6. The van der Waals surface area contributed by atoms with Crippen LogP contribution in [0.25, 0.3) is 118 Å². The molecule has 9 aromatic carbocycles. The Kier molecular flexibility index (Phi) is 7.62. The van der Waals surface area contributed by atoms with E-state index in [0.717, 1.165) is 0 Å². The quantitative estimate of drug-likeness (QED) is 0.168. The maximum atomic E-state index is 3.73. The van der Waals surface area contributed by atoms with Gasteiger partial charge in [0.05, 0.1) is 11.0 Å². The van der Waals surface area contributed by atoms with Gasteiger partial charge in [-0.05, 0) is 123 Å². The Morgan fingerprint density at radius 3 is 1.93 bits per heavy atom. The summed E-state index contributed by atoms with van der Waals surface area (Å²) in [6, 6.07) is 63.0. The molecule has 13 rings (SSSR count). The van der Waals surface area contributed by atoms with Gasteiger partial charge < -0.3 is 4.57 Å². The van der Waals surface area contributed by atoms with Gasteiger partial charge >= 0.3 is 0 Å². The zero-order valence-electron chi connectivity index (χ0n) is 32.7. The van der Waals surface area contributed by atoms with Crippen molar-refractivity contribution >= 4 is 102 Å². The summed E-state index contributed by atoms with van der Waals surface area (Å²) in [6.45, 7) is 7.96. The van der Waals surface area contributed by atoms with Crippen molar-refractivity contribution in [2.45, 2.75) is 13.8 Å². The van der Waals surface area contributed by atoms with E-state index in [0.29, 0.717) is 0 Å². The molecule has 278 valence electrons. The molecule has 0 unspecified atom stereocenters. The molecule has 0 N–H and O–H groups in total. The summed E-state index contributed by atoms with van der Waals surface area (Å²) in [5.74, 6) is 0. The van der Waals surface area contributed by atoms with Crippen molar-refractivity contribution in [3.05, 3.63) is 193 Å². The lowest BCUT2D eigenvalue weighted by atomic mass is 9.93. The molecule has 0 spiro atoms. The third kappa shape index (κ3) is 5.08. The summed E-state index contributed by atoms with van der Waals surface area (Å²) in [5, 5.41) is 10.7. The van der Waals surface area contributed by atoms with Crippen LogP contribution in [0.2, 0.25) is 0 Å². The first-order valence-electron chi connectivity index (χ1n) is 20.2. The van der Waals surface area contributed by atoms with Crippen molar-refractivity contribution in [1.82, 2.24) is 4.57 Å². The molecular formula is C56H37NS2. The zero-order valence-corrected chi connectivity index (χ0v) is 34.3. The SMILES string of the molecule is C=Cc1cccc(C)c1C.c1ccc2c(c1)-c1cccc3c(-c4ccc5sc6ccc(-n7c8ccccc8c8c9sc%10ccccc%10c9ccc87)cc6c5c4)ccc-2c13. The molecule has 3 heterocycles. The van der Waals surface area contributed by atoms with Gasteiger partial charge in [-0.25, -0.2) is 0 Å². The Hall–Kier alpha value is -6.78. The fourth-order valence-corrected chi connectivity index (χ4v) is 12.0. The predicted octanol–water partition coefficient (Wildman–Crippen LogP) is 16.9. The summed E-state index contributed by atoms with van der Waals surface area (Å²) in [5.41, 5.74) is 15.5. The number of rotatable bonds is 3. The lowest BCUT2D eigenvalue weighted by Crippen LogP contribution is -1.93. The molecule has 1 aliphatic rings. The van der Waals surface area contributed by atoms with E-state index < -0.39 is 0 Å². The Bertz CT molecular complexity index is 3690. The fourth-order valence-electron chi connectivity index (χ4n) is 9.64. The molecule has 0 bridgehead atoms. The molecule has 1 aliphatic carbocycles. The van der Waals surface area contributed by atoms with Crippen molar-refractivity contribution in [3.8, 4) is 39.1 Å². The van der Waals surface area contributed by atoms with Crippen LogP contribution in [0, 0.1) is 13.8 Å². The molecule has 0 saturated carbocycles. The number of para-hydroxylation sites is 1. The number of benzene rings is 9. The van der Waals surface area contributed by atoms with E-state index in [4.69, 9.17) is 0 Å². The number of hydrogen-bond donors (Lipinski definition) is 0. The molecule has 0 fully saturated rings. The van der Waals surface area contributed by atoms with Crippen LogP contribution < -0.4 is 0 Å². The molecule has 0 amide bonds. The molecule has 0 aliphatic heterocycles. The van der Waals surface area contributed by atoms with Crippen LogP contribution in [0.1, 0.15) is 16.7 Å². The number of aryl methyl sites for hydroxylation is 1. The molecule has 59 heavy (non-hydrogen) atoms. The second-order valence-electron chi connectivity index (χ2n) is 15.7. The van der Waals surface area contributed by atoms with Gasteiger partial charge in [0.25, 0.3) is 0 Å². The Balaban J connectivity index is 0.000000334. The number of nitrogens with zero attached hydrogens (tertiary/aromatic N) is 1. The van der Waals surface area contributed by atoms with Crippen LogP contribution in [0.5, 0.6) is 0 Å². The number of hydrogen-bond acceptors (Lipinski definition) is 2. The predicted molar refractivity (Wildman–Crippen MR) is 260 cm³/mol. The van der Waals surface area contributed by atoms with Crippen LogP contribution in [-0.2, 0) is 0 Å². The lowest BCUT2D eigenvalue weighted by Gasteiger charge is -2.10. The average molecular weight is 788 g/mol. The Morgan fingerprint density at radius 2 is 1.10 bits per heavy atom. The topological polar surface area (TPSA) is 4.93 Å². The number of fused-ring (bicyclic) bond motifs is 13. The van der Waals surface area contributed by atoms with Gasteiger partial charge in [-0.15, -0.1) is 22.7 Å². The first kappa shape index (κ1) is 34.3. The third-order valence-corrected chi connectivity index (χ3v) is 15.0. The lowest BCUT2D eigenvalue weighted by molar-refractivity contribution is 1.19. The first-order valence-corrected chi connectivity index (χ1v) is 21.8. The molecule has 1 nitrogen and oxygen atoms in total. The standard InChI is InChI=1S/C46H25NS2.C10H12/c1-2-9-30-29(8-1)33-13-7-12-32-28(18-19-34(30)44(32)33)26-16-22-42-37(24-26)38-25-27(17-23-43(38)48-42)47-39-14-5-3-11-36(39)45-40(47)21-20-35-31-10-4-6-15-41(31)49-46(35)45;1-4-10-7-5-6-8(2)9(10)3/h1-25H;4-7H,1H2,2-3H3. The number of aromatic nitrogens is 1. The smallest absolute Gasteiger partial charge is 0.0555 e. The van der Waals surface area contributed by atoms with Crippen molar-refractivity contribution in [2.75, 3.05) is 0 Å². The van der Waals surface area contributed by atoms with Crippen molar-refractivity contribution in [2.24, 2.45) is 0 Å². The number of thiophene rings is 2. The van der Waals surface area contributed by atoms with Gasteiger partial charge in [0.1, 0.15) is 0 Å².